The van der Waals surface area contributed by atoms with Gasteiger partial charge >= 0.3 is 5.97 Å². The molecular weight excluding hydrogens is 478 g/mol. The zero-order valence-electron chi connectivity index (χ0n) is 20.1. The third kappa shape index (κ3) is 11.2. The molecule has 4 amide bonds. The van der Waals surface area contributed by atoms with E-state index in [2.05, 4.69) is 25.9 Å². The molecule has 1 aromatic rings. The van der Waals surface area contributed by atoms with Crippen LogP contribution in [0.5, 0.6) is 0 Å². The Morgan fingerprint density at radius 2 is 1.66 bits per heavy atom. The predicted octanol–water partition coefficient (Wildman–Crippen LogP) is -1.51. The predicted molar refractivity (Wildman–Crippen MR) is 130 cm³/mol. The quantitative estimate of drug-likeness (QED) is 0.136. The van der Waals surface area contributed by atoms with Gasteiger partial charge in [0.1, 0.15) is 18.1 Å². The van der Waals surface area contributed by atoms with Crippen LogP contribution in [0, 0.1) is 5.92 Å². The number of amides is 4. The van der Waals surface area contributed by atoms with Crippen LogP contribution in [0.15, 0.2) is 12.5 Å². The van der Waals surface area contributed by atoms with Gasteiger partial charge in [-0.15, -0.1) is 0 Å². The van der Waals surface area contributed by atoms with Crippen LogP contribution in [-0.4, -0.2) is 80.8 Å². The molecule has 0 saturated carbocycles. The number of aliphatic carboxylic acids is 1. The van der Waals surface area contributed by atoms with Gasteiger partial charge in [0.2, 0.25) is 23.6 Å². The number of nitrogens with two attached hydrogens (primary N) is 2. The molecule has 0 fully saturated rings. The summed E-state index contributed by atoms with van der Waals surface area (Å²) in [6.07, 6.45) is 4.74. The summed E-state index contributed by atoms with van der Waals surface area (Å²) in [4.78, 5) is 68.0. The van der Waals surface area contributed by atoms with Crippen LogP contribution in [0.1, 0.15) is 38.8 Å². The van der Waals surface area contributed by atoms with Crippen molar-refractivity contribution in [3.63, 3.8) is 0 Å². The van der Waals surface area contributed by atoms with Gasteiger partial charge in [-0.1, -0.05) is 13.8 Å². The lowest BCUT2D eigenvalue weighted by Gasteiger charge is -2.25. The van der Waals surface area contributed by atoms with Gasteiger partial charge in [0, 0.05) is 18.3 Å². The Labute approximate surface area is 207 Å². The summed E-state index contributed by atoms with van der Waals surface area (Å²) in [5.74, 6) is -3.73. The lowest BCUT2D eigenvalue weighted by molar-refractivity contribution is -0.143. The van der Waals surface area contributed by atoms with E-state index in [1.54, 1.807) is 0 Å². The maximum absolute atomic E-state index is 12.9. The lowest BCUT2D eigenvalue weighted by Crippen LogP contribution is -2.58. The summed E-state index contributed by atoms with van der Waals surface area (Å²) in [6, 6.07) is -4.63. The van der Waals surface area contributed by atoms with Crippen molar-refractivity contribution in [2.75, 3.05) is 12.0 Å². The largest absolute Gasteiger partial charge is 0.480 e. The Morgan fingerprint density at radius 3 is 2.17 bits per heavy atom. The third-order valence-electron chi connectivity index (χ3n) is 4.94. The zero-order chi connectivity index (χ0) is 26.5. The number of imidazole rings is 1. The van der Waals surface area contributed by atoms with Gasteiger partial charge in [0.15, 0.2) is 0 Å². The minimum Gasteiger partial charge on any atom is -0.480 e. The van der Waals surface area contributed by atoms with Crippen LogP contribution < -0.4 is 27.4 Å². The number of primary amides is 1. The molecule has 35 heavy (non-hydrogen) atoms. The number of rotatable bonds is 16. The van der Waals surface area contributed by atoms with Crippen molar-refractivity contribution < 1.29 is 29.1 Å². The molecule has 4 atom stereocenters. The molecule has 1 aromatic heterocycles. The number of aromatic amines is 1. The Bertz CT molecular complexity index is 864. The zero-order valence-corrected chi connectivity index (χ0v) is 20.9. The van der Waals surface area contributed by atoms with Gasteiger partial charge in [0.05, 0.1) is 18.8 Å². The molecule has 0 radical (unpaired) electrons. The average molecular weight is 514 g/mol. The van der Waals surface area contributed by atoms with E-state index in [0.717, 1.165) is 0 Å². The fraction of sp³-hybridized carbons (Fsp3) is 0.619. The Kier molecular flexibility index (Phi) is 12.8. The van der Waals surface area contributed by atoms with E-state index < -0.39 is 60.2 Å². The minimum atomic E-state index is -1.37. The van der Waals surface area contributed by atoms with Crippen LogP contribution in [0.25, 0.3) is 0 Å². The van der Waals surface area contributed by atoms with Crippen molar-refractivity contribution in [1.29, 1.82) is 0 Å². The first-order valence-electron chi connectivity index (χ1n) is 11.1. The standard InChI is InChI=1S/C21H35N7O6S/c1-11(2)6-16(21(33)34)28-19(31)14(4-5-35-3)26-20(32)15(8-17(23)29)27-18(30)13(22)7-12-9-24-10-25-12/h9-11,13-16H,4-8,22H2,1-3H3,(H2,23,29)(H,24,25)(H,26,32)(H,27,30)(H,28,31)(H,33,34). The van der Waals surface area contributed by atoms with Gasteiger partial charge in [-0.2, -0.15) is 11.8 Å². The number of hydrogen-bond acceptors (Lipinski definition) is 8. The fourth-order valence-corrected chi connectivity index (χ4v) is 3.63. The summed E-state index contributed by atoms with van der Waals surface area (Å²) in [5, 5.41) is 16.8. The summed E-state index contributed by atoms with van der Waals surface area (Å²) < 4.78 is 0. The maximum atomic E-state index is 12.9. The molecule has 0 aromatic carbocycles. The molecule has 4 unspecified atom stereocenters. The van der Waals surface area contributed by atoms with Gasteiger partial charge in [-0.3, -0.25) is 19.2 Å². The molecule has 0 aliphatic rings. The number of nitrogens with zero attached hydrogens (tertiary/aromatic N) is 1. The highest BCUT2D eigenvalue weighted by Crippen LogP contribution is 2.08. The maximum Gasteiger partial charge on any atom is 0.326 e. The van der Waals surface area contributed by atoms with Crippen molar-refractivity contribution in [2.45, 2.75) is 63.7 Å². The Balaban J connectivity index is 2.93. The number of nitrogens with one attached hydrogen (secondary N) is 4. The number of carbonyl (C=O) groups is 5. The van der Waals surface area contributed by atoms with Crippen LogP contribution in [0.4, 0.5) is 0 Å². The SMILES string of the molecule is CSCCC(NC(=O)C(CC(N)=O)NC(=O)C(N)Cc1cnc[nH]1)C(=O)NC(CC(C)C)C(=O)O. The van der Waals surface area contributed by atoms with Gasteiger partial charge in [-0.05, 0) is 30.8 Å². The molecule has 1 rings (SSSR count). The molecule has 1 heterocycles. The number of thioether (sulfide) groups is 1. The van der Waals surface area contributed by atoms with E-state index in [0.29, 0.717) is 11.4 Å². The first-order chi connectivity index (χ1) is 16.4. The summed E-state index contributed by atoms with van der Waals surface area (Å²) >= 11 is 1.43. The van der Waals surface area contributed by atoms with Crippen molar-refractivity contribution in [3.8, 4) is 0 Å². The lowest BCUT2D eigenvalue weighted by atomic mass is 10.0. The van der Waals surface area contributed by atoms with Gasteiger partial charge < -0.3 is 37.5 Å². The highest BCUT2D eigenvalue weighted by Gasteiger charge is 2.31. The van der Waals surface area contributed by atoms with E-state index in [1.165, 1.54) is 24.3 Å². The van der Waals surface area contributed by atoms with Crippen LogP contribution in [0.2, 0.25) is 0 Å². The fourth-order valence-electron chi connectivity index (χ4n) is 3.16. The molecule has 14 heteroatoms. The second kappa shape index (κ2) is 15.0. The van der Waals surface area contributed by atoms with E-state index in [9.17, 15) is 29.1 Å². The molecule has 0 saturated heterocycles. The topological polar surface area (TPSA) is 222 Å². The first-order valence-corrected chi connectivity index (χ1v) is 12.5. The molecule has 13 nitrogen and oxygen atoms in total. The van der Waals surface area contributed by atoms with Crippen LogP contribution in [-0.2, 0) is 30.4 Å². The molecule has 9 N–H and O–H groups in total. The van der Waals surface area contributed by atoms with E-state index in [4.69, 9.17) is 11.5 Å². The number of carbonyl (C=O) groups excluding carboxylic acids is 4. The summed E-state index contributed by atoms with van der Waals surface area (Å²) in [5.41, 5.74) is 11.7. The van der Waals surface area contributed by atoms with Crippen molar-refractivity contribution in [1.82, 2.24) is 25.9 Å². The number of carboxylic acids is 1. The Hall–Kier alpha value is -3.13. The molecule has 196 valence electrons. The molecule has 0 aliphatic carbocycles. The average Bonchev–Trinajstić information content (AvgIpc) is 3.27. The van der Waals surface area contributed by atoms with Gasteiger partial charge in [-0.25, -0.2) is 9.78 Å². The van der Waals surface area contributed by atoms with Crippen LogP contribution in [0.3, 0.4) is 0 Å². The van der Waals surface area contributed by atoms with Crippen LogP contribution >= 0.6 is 11.8 Å². The third-order valence-corrected chi connectivity index (χ3v) is 5.58. The van der Waals surface area contributed by atoms with E-state index >= 15 is 0 Å². The highest BCUT2D eigenvalue weighted by molar-refractivity contribution is 7.98. The molecule has 0 aliphatic heterocycles. The number of carboxylic acid groups (broad SMARTS) is 1. The van der Waals surface area contributed by atoms with Crippen molar-refractivity contribution in [2.24, 2.45) is 17.4 Å². The van der Waals surface area contributed by atoms with Gasteiger partial charge in [0.25, 0.3) is 0 Å². The highest BCUT2D eigenvalue weighted by atomic mass is 32.2. The second-order valence-electron chi connectivity index (χ2n) is 8.49. The monoisotopic (exact) mass is 513 g/mol. The normalized spacial score (nSPS) is 14.4. The van der Waals surface area contributed by atoms with E-state index in [-0.39, 0.29) is 25.2 Å². The smallest absolute Gasteiger partial charge is 0.326 e. The summed E-state index contributed by atoms with van der Waals surface area (Å²) in [6.45, 7) is 3.65. The minimum absolute atomic E-state index is 0.0109. The van der Waals surface area contributed by atoms with E-state index in [1.807, 2.05) is 20.1 Å². The molecule has 0 spiro atoms. The number of H-pyrrole nitrogens is 1. The first kappa shape index (κ1) is 29.9. The Morgan fingerprint density at radius 1 is 1.06 bits per heavy atom. The second-order valence-corrected chi connectivity index (χ2v) is 9.48. The van der Waals surface area contributed by atoms with Crippen molar-refractivity contribution in [3.05, 3.63) is 18.2 Å². The van der Waals surface area contributed by atoms with Crippen molar-refractivity contribution >= 4 is 41.4 Å². The number of aromatic nitrogens is 2. The molecule has 0 bridgehead atoms. The summed E-state index contributed by atoms with van der Waals surface area (Å²) in [7, 11) is 0. The number of hydrogen-bond donors (Lipinski definition) is 7. The molecular formula is C21H35N7O6S.